The van der Waals surface area contributed by atoms with Crippen LogP contribution in [0.15, 0.2) is 24.3 Å². The van der Waals surface area contributed by atoms with Gasteiger partial charge in [-0.3, -0.25) is 4.79 Å². The standard InChI is InChI=1S/C14H22N2O4/c1-18-7-8-20-12-5-3-11(4-6-12)16-14(17)9-13(10-15)19-2/h3-6,13H,7-10,15H2,1-2H3,(H,16,17). The van der Waals surface area contributed by atoms with E-state index < -0.39 is 0 Å². The minimum absolute atomic E-state index is 0.129. The van der Waals surface area contributed by atoms with Crippen molar-refractivity contribution in [3.05, 3.63) is 24.3 Å². The molecule has 0 fully saturated rings. The lowest BCUT2D eigenvalue weighted by molar-refractivity contribution is -0.118. The van der Waals surface area contributed by atoms with Gasteiger partial charge in [-0.25, -0.2) is 0 Å². The molecule has 0 aromatic heterocycles. The SMILES string of the molecule is COCCOc1ccc(NC(=O)CC(CN)OC)cc1. The van der Waals surface area contributed by atoms with Crippen LogP contribution in [0.25, 0.3) is 0 Å². The van der Waals surface area contributed by atoms with Crippen LogP contribution in [0.5, 0.6) is 5.75 Å². The summed E-state index contributed by atoms with van der Waals surface area (Å²) in [5.41, 5.74) is 6.18. The summed E-state index contributed by atoms with van der Waals surface area (Å²) in [6.07, 6.45) is -0.0225. The first-order valence-electron chi connectivity index (χ1n) is 6.44. The maximum absolute atomic E-state index is 11.7. The number of rotatable bonds is 9. The average Bonchev–Trinajstić information content (AvgIpc) is 2.47. The molecule has 0 spiro atoms. The maximum Gasteiger partial charge on any atom is 0.227 e. The topological polar surface area (TPSA) is 82.8 Å². The van der Waals surface area contributed by atoms with Gasteiger partial charge in [0.05, 0.1) is 19.1 Å². The minimum atomic E-state index is -0.258. The van der Waals surface area contributed by atoms with Gasteiger partial charge in [0.25, 0.3) is 0 Å². The molecule has 20 heavy (non-hydrogen) atoms. The van der Waals surface area contributed by atoms with Crippen LogP contribution in [0.1, 0.15) is 6.42 Å². The second kappa shape index (κ2) is 9.30. The molecule has 1 unspecified atom stereocenters. The summed E-state index contributed by atoms with van der Waals surface area (Å²) in [6.45, 7) is 1.35. The number of nitrogens with two attached hydrogens (primary N) is 1. The summed E-state index contributed by atoms with van der Waals surface area (Å²) in [5.74, 6) is 0.604. The molecule has 1 atom stereocenters. The van der Waals surface area contributed by atoms with E-state index in [1.807, 2.05) is 0 Å². The van der Waals surface area contributed by atoms with E-state index in [0.717, 1.165) is 5.75 Å². The Bertz CT molecular complexity index is 391. The molecule has 112 valence electrons. The fourth-order valence-corrected chi connectivity index (χ4v) is 1.56. The van der Waals surface area contributed by atoms with Crippen molar-refractivity contribution in [2.75, 3.05) is 39.3 Å². The van der Waals surface area contributed by atoms with E-state index in [9.17, 15) is 4.79 Å². The largest absolute Gasteiger partial charge is 0.491 e. The van der Waals surface area contributed by atoms with Crippen molar-refractivity contribution >= 4 is 11.6 Å². The van der Waals surface area contributed by atoms with Gasteiger partial charge >= 0.3 is 0 Å². The Hall–Kier alpha value is -1.63. The highest BCUT2D eigenvalue weighted by molar-refractivity contribution is 5.91. The van der Waals surface area contributed by atoms with Crippen molar-refractivity contribution < 1.29 is 19.0 Å². The first kappa shape index (κ1) is 16.4. The van der Waals surface area contributed by atoms with Gasteiger partial charge in [0.2, 0.25) is 5.91 Å². The van der Waals surface area contributed by atoms with Gasteiger partial charge in [-0.1, -0.05) is 0 Å². The molecule has 0 aliphatic carbocycles. The summed E-state index contributed by atoms with van der Waals surface area (Å²) in [7, 11) is 3.16. The molecule has 1 amide bonds. The Morgan fingerprint density at radius 1 is 1.25 bits per heavy atom. The van der Waals surface area contributed by atoms with E-state index >= 15 is 0 Å². The van der Waals surface area contributed by atoms with Crippen LogP contribution in [-0.4, -0.2) is 46.0 Å². The van der Waals surface area contributed by atoms with Gasteiger partial charge in [-0.15, -0.1) is 0 Å². The Kier molecular flexibility index (Phi) is 7.64. The number of benzene rings is 1. The van der Waals surface area contributed by atoms with Crippen molar-refractivity contribution in [1.29, 1.82) is 0 Å². The molecule has 1 aromatic rings. The Morgan fingerprint density at radius 3 is 2.50 bits per heavy atom. The molecule has 0 bridgehead atoms. The second-order valence-electron chi connectivity index (χ2n) is 4.21. The van der Waals surface area contributed by atoms with Crippen molar-refractivity contribution in [3.8, 4) is 5.75 Å². The minimum Gasteiger partial charge on any atom is -0.491 e. The number of anilines is 1. The van der Waals surface area contributed by atoms with Gasteiger partial charge in [0, 0.05) is 26.5 Å². The van der Waals surface area contributed by atoms with E-state index in [1.165, 1.54) is 7.11 Å². The summed E-state index contributed by atoms with van der Waals surface area (Å²) < 4.78 is 15.4. The van der Waals surface area contributed by atoms with Crippen LogP contribution in [0, 0.1) is 0 Å². The third kappa shape index (κ3) is 6.01. The smallest absolute Gasteiger partial charge is 0.227 e. The normalized spacial score (nSPS) is 11.9. The van der Waals surface area contributed by atoms with Gasteiger partial charge in [0.15, 0.2) is 0 Å². The molecule has 0 heterocycles. The van der Waals surface area contributed by atoms with Crippen LogP contribution in [0.4, 0.5) is 5.69 Å². The molecular formula is C14H22N2O4. The molecule has 1 aromatic carbocycles. The fraction of sp³-hybridized carbons (Fsp3) is 0.500. The van der Waals surface area contributed by atoms with Crippen molar-refractivity contribution in [2.24, 2.45) is 5.73 Å². The van der Waals surface area contributed by atoms with Crippen LogP contribution in [-0.2, 0) is 14.3 Å². The fourth-order valence-electron chi connectivity index (χ4n) is 1.56. The number of carbonyl (C=O) groups excluding carboxylic acids is 1. The number of hydrogen-bond acceptors (Lipinski definition) is 5. The quantitative estimate of drug-likeness (QED) is 0.661. The van der Waals surface area contributed by atoms with Gasteiger partial charge in [0.1, 0.15) is 12.4 Å². The molecule has 0 saturated carbocycles. The van der Waals surface area contributed by atoms with Crippen molar-refractivity contribution in [1.82, 2.24) is 0 Å². The zero-order valence-electron chi connectivity index (χ0n) is 11.9. The summed E-state index contributed by atoms with van der Waals surface area (Å²) in [6, 6.07) is 7.15. The number of hydrogen-bond donors (Lipinski definition) is 2. The molecule has 3 N–H and O–H groups in total. The van der Waals surface area contributed by atoms with Crippen LogP contribution in [0.2, 0.25) is 0 Å². The van der Waals surface area contributed by atoms with Crippen molar-refractivity contribution in [3.63, 3.8) is 0 Å². The molecule has 0 saturated heterocycles. The third-order valence-corrected chi connectivity index (χ3v) is 2.70. The predicted octanol–water partition coefficient (Wildman–Crippen LogP) is 1.01. The van der Waals surface area contributed by atoms with Crippen LogP contribution in [0.3, 0.4) is 0 Å². The highest BCUT2D eigenvalue weighted by Crippen LogP contribution is 2.16. The summed E-state index contributed by atoms with van der Waals surface area (Å²) in [5, 5.41) is 2.78. The Balaban J connectivity index is 2.42. The van der Waals surface area contributed by atoms with Gasteiger partial charge < -0.3 is 25.3 Å². The van der Waals surface area contributed by atoms with E-state index in [2.05, 4.69) is 5.32 Å². The van der Waals surface area contributed by atoms with Gasteiger partial charge in [-0.05, 0) is 24.3 Å². The molecule has 0 aliphatic rings. The van der Waals surface area contributed by atoms with E-state index in [0.29, 0.717) is 25.4 Å². The molecule has 0 aliphatic heterocycles. The van der Waals surface area contributed by atoms with E-state index in [4.69, 9.17) is 19.9 Å². The molecule has 1 rings (SSSR count). The zero-order valence-corrected chi connectivity index (χ0v) is 11.9. The predicted molar refractivity (Wildman–Crippen MR) is 76.9 cm³/mol. The van der Waals surface area contributed by atoms with Crippen LogP contribution < -0.4 is 15.8 Å². The molecular weight excluding hydrogens is 260 g/mol. The number of nitrogens with one attached hydrogen (secondary N) is 1. The maximum atomic E-state index is 11.7. The average molecular weight is 282 g/mol. The Labute approximate surface area is 119 Å². The number of methoxy groups -OCH3 is 2. The molecule has 6 heteroatoms. The van der Waals surface area contributed by atoms with Crippen LogP contribution >= 0.6 is 0 Å². The molecule has 6 nitrogen and oxygen atoms in total. The lowest BCUT2D eigenvalue weighted by Crippen LogP contribution is -2.28. The first-order valence-corrected chi connectivity index (χ1v) is 6.44. The highest BCUT2D eigenvalue weighted by Gasteiger charge is 2.11. The second-order valence-corrected chi connectivity index (χ2v) is 4.21. The summed E-state index contributed by atoms with van der Waals surface area (Å²) >= 11 is 0. The van der Waals surface area contributed by atoms with E-state index in [-0.39, 0.29) is 18.4 Å². The first-order chi connectivity index (χ1) is 9.69. The lowest BCUT2D eigenvalue weighted by atomic mass is 10.2. The lowest BCUT2D eigenvalue weighted by Gasteiger charge is -2.13. The number of amides is 1. The number of carbonyl (C=O) groups is 1. The van der Waals surface area contributed by atoms with Crippen molar-refractivity contribution in [2.45, 2.75) is 12.5 Å². The third-order valence-electron chi connectivity index (χ3n) is 2.70. The summed E-state index contributed by atoms with van der Waals surface area (Å²) in [4.78, 5) is 11.7. The monoisotopic (exact) mass is 282 g/mol. The molecule has 0 radical (unpaired) electrons. The Morgan fingerprint density at radius 2 is 1.95 bits per heavy atom. The highest BCUT2D eigenvalue weighted by atomic mass is 16.5. The zero-order chi connectivity index (χ0) is 14.8. The number of ether oxygens (including phenoxy) is 3. The van der Waals surface area contributed by atoms with E-state index in [1.54, 1.807) is 31.4 Å². The van der Waals surface area contributed by atoms with Gasteiger partial charge in [-0.2, -0.15) is 0 Å².